The first-order chi connectivity index (χ1) is 7.19. The fourth-order valence-electron chi connectivity index (χ4n) is 1.85. The number of aliphatic hydroxyl groups excluding tert-OH is 1. The van der Waals surface area contributed by atoms with Crippen LogP contribution in [0.5, 0.6) is 0 Å². The molecule has 0 bridgehead atoms. The molecule has 16 heavy (non-hydrogen) atoms. The van der Waals surface area contributed by atoms with Gasteiger partial charge in [0, 0.05) is 18.6 Å². The number of rotatable bonds is 4. The van der Waals surface area contributed by atoms with Crippen LogP contribution in [0.1, 0.15) is 40.5 Å². The summed E-state index contributed by atoms with van der Waals surface area (Å²) in [5.74, 6) is -0.0168. The van der Waals surface area contributed by atoms with E-state index in [-0.39, 0.29) is 23.5 Å². The van der Waals surface area contributed by atoms with Crippen LogP contribution in [0.3, 0.4) is 0 Å². The molecule has 4 heteroatoms. The molecule has 0 aromatic heterocycles. The number of hydrogen-bond acceptors (Lipinski definition) is 3. The smallest absolute Gasteiger partial charge is 0.223 e. The number of carbonyl (C=O) groups is 1. The van der Waals surface area contributed by atoms with E-state index in [0.717, 1.165) is 0 Å². The summed E-state index contributed by atoms with van der Waals surface area (Å²) in [5, 5.41) is 12.5. The Labute approximate surface area is 97.4 Å². The molecule has 0 radical (unpaired) electrons. The van der Waals surface area contributed by atoms with Crippen molar-refractivity contribution in [2.75, 3.05) is 7.11 Å². The van der Waals surface area contributed by atoms with Crippen LogP contribution in [0.15, 0.2) is 0 Å². The van der Waals surface area contributed by atoms with Gasteiger partial charge in [-0.05, 0) is 20.3 Å². The monoisotopic (exact) mass is 229 g/mol. The molecular weight excluding hydrogens is 206 g/mol. The third-order valence-corrected chi connectivity index (χ3v) is 3.69. The molecule has 1 fully saturated rings. The van der Waals surface area contributed by atoms with Crippen LogP contribution in [-0.2, 0) is 9.53 Å². The van der Waals surface area contributed by atoms with Crippen molar-refractivity contribution in [1.82, 2.24) is 5.32 Å². The third-order valence-electron chi connectivity index (χ3n) is 3.69. The molecule has 4 nitrogen and oxygen atoms in total. The minimum absolute atomic E-state index is 0.0168. The summed E-state index contributed by atoms with van der Waals surface area (Å²) in [6.45, 7) is 7.70. The lowest BCUT2D eigenvalue weighted by molar-refractivity contribution is -0.133. The highest BCUT2D eigenvalue weighted by molar-refractivity contribution is 5.77. The molecule has 0 saturated heterocycles. The number of carbonyl (C=O) groups excluding carboxylic acids is 1. The van der Waals surface area contributed by atoms with Crippen molar-refractivity contribution in [3.63, 3.8) is 0 Å². The van der Waals surface area contributed by atoms with Gasteiger partial charge in [-0.1, -0.05) is 13.8 Å². The molecule has 94 valence electrons. The van der Waals surface area contributed by atoms with Crippen molar-refractivity contribution in [1.29, 1.82) is 0 Å². The van der Waals surface area contributed by atoms with Gasteiger partial charge in [0.15, 0.2) is 0 Å². The van der Waals surface area contributed by atoms with E-state index < -0.39 is 5.60 Å². The molecule has 0 aromatic rings. The van der Waals surface area contributed by atoms with E-state index in [9.17, 15) is 9.90 Å². The predicted octanol–water partition coefficient (Wildman–Crippen LogP) is 1.08. The summed E-state index contributed by atoms with van der Waals surface area (Å²) >= 11 is 0. The van der Waals surface area contributed by atoms with Crippen molar-refractivity contribution >= 4 is 5.91 Å². The van der Waals surface area contributed by atoms with Crippen LogP contribution in [0, 0.1) is 5.41 Å². The summed E-state index contributed by atoms with van der Waals surface area (Å²) in [5.41, 5.74) is -0.649. The Hall–Kier alpha value is -0.610. The Bertz CT molecular complexity index is 273. The van der Waals surface area contributed by atoms with Crippen LogP contribution >= 0.6 is 0 Å². The van der Waals surface area contributed by atoms with E-state index in [4.69, 9.17) is 4.74 Å². The summed E-state index contributed by atoms with van der Waals surface area (Å²) in [6.07, 6.45) is 0.673. The average molecular weight is 229 g/mol. The van der Waals surface area contributed by atoms with Crippen molar-refractivity contribution < 1.29 is 14.6 Å². The molecule has 1 saturated carbocycles. The Kier molecular flexibility index (Phi) is 3.65. The number of amides is 1. The Morgan fingerprint density at radius 3 is 2.50 bits per heavy atom. The topological polar surface area (TPSA) is 58.6 Å². The maximum Gasteiger partial charge on any atom is 0.223 e. The molecule has 0 aromatic carbocycles. The minimum atomic E-state index is -0.434. The zero-order valence-corrected chi connectivity index (χ0v) is 10.8. The fraction of sp³-hybridized carbons (Fsp3) is 0.917. The quantitative estimate of drug-likeness (QED) is 0.758. The Morgan fingerprint density at radius 1 is 1.56 bits per heavy atom. The first-order valence-electron chi connectivity index (χ1n) is 5.71. The number of aliphatic hydroxyl groups is 1. The number of hydrogen-bond donors (Lipinski definition) is 2. The van der Waals surface area contributed by atoms with Crippen LogP contribution in [0.2, 0.25) is 0 Å². The summed E-state index contributed by atoms with van der Waals surface area (Å²) in [6, 6.07) is 0.0719. The zero-order valence-electron chi connectivity index (χ0n) is 10.8. The Morgan fingerprint density at radius 2 is 2.12 bits per heavy atom. The molecule has 1 aliphatic carbocycles. The van der Waals surface area contributed by atoms with Crippen LogP contribution < -0.4 is 5.32 Å². The highest BCUT2D eigenvalue weighted by Gasteiger charge is 2.48. The highest BCUT2D eigenvalue weighted by atomic mass is 16.5. The number of nitrogens with one attached hydrogen (secondary N) is 1. The van der Waals surface area contributed by atoms with E-state index in [0.29, 0.717) is 12.8 Å². The molecule has 0 heterocycles. The molecule has 1 rings (SSSR count). The maximum atomic E-state index is 11.7. The van der Waals surface area contributed by atoms with Gasteiger partial charge in [-0.15, -0.1) is 0 Å². The lowest BCUT2D eigenvalue weighted by Gasteiger charge is -2.49. The van der Waals surface area contributed by atoms with Gasteiger partial charge in [-0.3, -0.25) is 4.79 Å². The van der Waals surface area contributed by atoms with Gasteiger partial charge in [-0.25, -0.2) is 0 Å². The second kappa shape index (κ2) is 4.34. The lowest BCUT2D eigenvalue weighted by atomic mass is 9.64. The van der Waals surface area contributed by atoms with Gasteiger partial charge < -0.3 is 15.2 Å². The van der Waals surface area contributed by atoms with Gasteiger partial charge >= 0.3 is 0 Å². The SMILES string of the molecule is COC(C)(C)CC(=O)NC1CC(O)C1(C)C. The van der Waals surface area contributed by atoms with Crippen molar-refractivity contribution in [3.05, 3.63) is 0 Å². The third kappa shape index (κ3) is 2.74. The van der Waals surface area contributed by atoms with Gasteiger partial charge in [0.1, 0.15) is 0 Å². The number of ether oxygens (including phenoxy) is 1. The van der Waals surface area contributed by atoms with Crippen molar-refractivity contribution in [2.24, 2.45) is 5.41 Å². The largest absolute Gasteiger partial charge is 0.392 e. The highest BCUT2D eigenvalue weighted by Crippen LogP contribution is 2.40. The molecule has 2 atom stereocenters. The fourth-order valence-corrected chi connectivity index (χ4v) is 1.85. The van der Waals surface area contributed by atoms with E-state index in [1.165, 1.54) is 0 Å². The van der Waals surface area contributed by atoms with E-state index in [1.807, 2.05) is 27.7 Å². The van der Waals surface area contributed by atoms with Gasteiger partial charge in [0.2, 0.25) is 5.91 Å². The summed E-state index contributed by atoms with van der Waals surface area (Å²) < 4.78 is 5.20. The van der Waals surface area contributed by atoms with Crippen LogP contribution in [0.4, 0.5) is 0 Å². The summed E-state index contributed by atoms with van der Waals surface area (Å²) in [7, 11) is 1.60. The number of methoxy groups -OCH3 is 1. The predicted molar refractivity (Wildman–Crippen MR) is 62.0 cm³/mol. The molecule has 1 amide bonds. The first kappa shape index (κ1) is 13.5. The maximum absolute atomic E-state index is 11.7. The van der Waals surface area contributed by atoms with E-state index in [2.05, 4.69) is 5.32 Å². The Balaban J connectivity index is 2.42. The van der Waals surface area contributed by atoms with Gasteiger partial charge in [-0.2, -0.15) is 0 Å². The van der Waals surface area contributed by atoms with Crippen molar-refractivity contribution in [2.45, 2.75) is 58.3 Å². The zero-order chi connectivity index (χ0) is 12.6. The van der Waals surface area contributed by atoms with E-state index >= 15 is 0 Å². The average Bonchev–Trinajstić information content (AvgIpc) is 2.16. The summed E-state index contributed by atoms with van der Waals surface area (Å²) in [4.78, 5) is 11.7. The van der Waals surface area contributed by atoms with Crippen molar-refractivity contribution in [3.8, 4) is 0 Å². The molecule has 2 unspecified atom stereocenters. The second-order valence-corrected chi connectivity index (χ2v) is 5.83. The van der Waals surface area contributed by atoms with Crippen LogP contribution in [0.25, 0.3) is 0 Å². The minimum Gasteiger partial charge on any atom is -0.392 e. The van der Waals surface area contributed by atoms with Gasteiger partial charge in [0.05, 0.1) is 18.1 Å². The standard InChI is InChI=1S/C12H23NO3/c1-11(2,16-5)7-10(15)13-8-6-9(14)12(8,3)4/h8-9,14H,6-7H2,1-5H3,(H,13,15). The molecule has 0 aliphatic heterocycles. The molecule has 1 aliphatic rings. The van der Waals surface area contributed by atoms with Gasteiger partial charge in [0.25, 0.3) is 0 Å². The molecular formula is C12H23NO3. The second-order valence-electron chi connectivity index (χ2n) is 5.83. The molecule has 2 N–H and O–H groups in total. The first-order valence-corrected chi connectivity index (χ1v) is 5.71. The normalized spacial score (nSPS) is 28.4. The lowest BCUT2D eigenvalue weighted by Crippen LogP contribution is -2.61. The van der Waals surface area contributed by atoms with E-state index in [1.54, 1.807) is 7.11 Å². The van der Waals surface area contributed by atoms with Crippen LogP contribution in [-0.4, -0.2) is 35.9 Å². The molecule has 0 spiro atoms.